The Morgan fingerprint density at radius 3 is 2.88 bits per heavy atom. The number of hydrogen-bond acceptors (Lipinski definition) is 1. The van der Waals surface area contributed by atoms with Crippen molar-refractivity contribution < 1.29 is 4.65 Å². The van der Waals surface area contributed by atoms with E-state index >= 15 is 0 Å². The van der Waals surface area contributed by atoms with Crippen LogP contribution in [0.25, 0.3) is 0 Å². The molecule has 1 nitrogen and oxygen atoms in total. The van der Waals surface area contributed by atoms with Gasteiger partial charge in [-0.2, -0.15) is 0 Å². The Morgan fingerprint density at radius 2 is 2.38 bits per heavy atom. The smallest absolute Gasteiger partial charge is 0.392 e. The summed E-state index contributed by atoms with van der Waals surface area (Å²) < 4.78 is 4.03. The van der Waals surface area contributed by atoms with E-state index in [0.29, 0.717) is 0 Å². The van der Waals surface area contributed by atoms with Gasteiger partial charge >= 0.3 is 8.05 Å². The van der Waals surface area contributed by atoms with E-state index < -0.39 is 0 Å². The quantitative estimate of drug-likeness (QED) is 0.293. The molecular weight excluding hydrogens is 98.9 g/mol. The highest BCUT2D eigenvalue weighted by molar-refractivity contribution is 5.98. The Kier molecular flexibility index (Phi) is 5.96. The van der Waals surface area contributed by atoms with Crippen molar-refractivity contribution >= 4 is 8.05 Å². The van der Waals surface area contributed by atoms with Crippen LogP contribution in [0.2, 0.25) is 0 Å². The summed E-state index contributed by atoms with van der Waals surface area (Å²) in [6.45, 7) is 2.12. The van der Waals surface area contributed by atoms with Gasteiger partial charge in [-0.1, -0.05) is 19.3 Å². The summed E-state index contributed by atoms with van der Waals surface area (Å²) in [6, 6.07) is 0. The average Bonchev–Trinajstić information content (AvgIpc) is 1.81. The molecule has 8 heavy (non-hydrogen) atoms. The van der Waals surface area contributed by atoms with Crippen molar-refractivity contribution in [2.24, 2.45) is 0 Å². The average molecular weight is 108 g/mol. The molecule has 0 bridgehead atoms. The molecule has 2 radical (unpaired) electrons. The molecule has 0 saturated heterocycles. The third-order valence-corrected chi connectivity index (χ3v) is 0.786. The van der Waals surface area contributed by atoms with Crippen molar-refractivity contribution in [1.29, 1.82) is 0 Å². The van der Waals surface area contributed by atoms with Crippen LogP contribution in [0.5, 0.6) is 0 Å². The standard InChI is InChI=1S/C6H9BO/c1-2-3-4-5-6-8-7/h2-4H2,1H3. The normalized spacial score (nSPS) is 7.12. The lowest BCUT2D eigenvalue weighted by Gasteiger charge is -1.82. The van der Waals surface area contributed by atoms with E-state index in [0.717, 1.165) is 12.8 Å². The summed E-state index contributed by atoms with van der Waals surface area (Å²) >= 11 is 0. The zero-order chi connectivity index (χ0) is 6.24. The third kappa shape index (κ3) is 5.42. The maximum absolute atomic E-state index is 4.64. The van der Waals surface area contributed by atoms with Gasteiger partial charge in [0.15, 0.2) is 0 Å². The summed E-state index contributed by atoms with van der Waals surface area (Å²) in [4.78, 5) is 0. The molecule has 0 spiro atoms. The van der Waals surface area contributed by atoms with E-state index in [9.17, 15) is 0 Å². The highest BCUT2D eigenvalue weighted by Crippen LogP contribution is 1.89. The van der Waals surface area contributed by atoms with Crippen LogP contribution in [0.1, 0.15) is 26.2 Å². The molecule has 0 unspecified atom stereocenters. The molecule has 0 fully saturated rings. The van der Waals surface area contributed by atoms with Crippen molar-refractivity contribution in [2.45, 2.75) is 26.2 Å². The molecule has 0 aromatic rings. The summed E-state index contributed by atoms with van der Waals surface area (Å²) in [7, 11) is 4.64. The zero-order valence-electron chi connectivity index (χ0n) is 5.11. The summed E-state index contributed by atoms with van der Waals surface area (Å²) in [6.07, 6.45) is 5.48. The van der Waals surface area contributed by atoms with Crippen molar-refractivity contribution in [3.8, 4) is 12.0 Å². The van der Waals surface area contributed by atoms with E-state index in [4.69, 9.17) is 0 Å². The Hall–Kier alpha value is -0.575. The Balaban J connectivity index is 2.90. The lowest BCUT2D eigenvalue weighted by molar-refractivity contribution is 0.577. The molecular formula is C6H9BO. The summed E-state index contributed by atoms with van der Waals surface area (Å²) in [5, 5.41) is 0. The third-order valence-electron chi connectivity index (χ3n) is 0.786. The SMILES string of the molecule is [B]OC#CCCCC. The van der Waals surface area contributed by atoms with Gasteiger partial charge in [-0.05, 0) is 6.42 Å². The first-order valence-corrected chi connectivity index (χ1v) is 2.75. The minimum Gasteiger partial charge on any atom is -0.527 e. The number of rotatable bonds is 2. The Labute approximate surface area is 51.9 Å². The Bertz CT molecular complexity index is 90.4. The van der Waals surface area contributed by atoms with E-state index in [1.54, 1.807) is 0 Å². The molecule has 0 heterocycles. The van der Waals surface area contributed by atoms with Gasteiger partial charge in [-0.15, -0.1) is 0 Å². The van der Waals surface area contributed by atoms with Gasteiger partial charge in [-0.3, -0.25) is 0 Å². The van der Waals surface area contributed by atoms with Crippen LogP contribution in [-0.2, 0) is 4.65 Å². The minimum atomic E-state index is 0.883. The first-order valence-electron chi connectivity index (χ1n) is 2.75. The van der Waals surface area contributed by atoms with E-state index in [1.165, 1.54) is 6.42 Å². The Morgan fingerprint density at radius 1 is 1.62 bits per heavy atom. The van der Waals surface area contributed by atoms with Gasteiger partial charge in [0.05, 0.1) is 6.11 Å². The van der Waals surface area contributed by atoms with Crippen molar-refractivity contribution in [3.63, 3.8) is 0 Å². The fraction of sp³-hybridized carbons (Fsp3) is 0.667. The predicted molar refractivity (Wildman–Crippen MR) is 34.1 cm³/mol. The van der Waals surface area contributed by atoms with Gasteiger partial charge in [0, 0.05) is 6.42 Å². The summed E-state index contributed by atoms with van der Waals surface area (Å²) in [5.41, 5.74) is 0. The van der Waals surface area contributed by atoms with Gasteiger partial charge in [0.1, 0.15) is 0 Å². The van der Waals surface area contributed by atoms with E-state index in [1.807, 2.05) is 0 Å². The van der Waals surface area contributed by atoms with Crippen LogP contribution in [0.3, 0.4) is 0 Å². The first kappa shape index (κ1) is 7.42. The second-order valence-corrected chi connectivity index (χ2v) is 1.50. The molecule has 0 rings (SSSR count). The predicted octanol–water partition coefficient (Wildman–Crippen LogP) is 1.24. The zero-order valence-corrected chi connectivity index (χ0v) is 5.11. The van der Waals surface area contributed by atoms with Gasteiger partial charge in [0.25, 0.3) is 0 Å². The van der Waals surface area contributed by atoms with Gasteiger partial charge in [-0.25, -0.2) is 0 Å². The van der Waals surface area contributed by atoms with Gasteiger partial charge in [0.2, 0.25) is 0 Å². The molecule has 0 aliphatic heterocycles. The summed E-state index contributed by atoms with van der Waals surface area (Å²) in [5.74, 6) is 2.74. The van der Waals surface area contributed by atoms with Crippen molar-refractivity contribution in [1.82, 2.24) is 0 Å². The van der Waals surface area contributed by atoms with Gasteiger partial charge < -0.3 is 4.65 Å². The lowest BCUT2D eigenvalue weighted by Crippen LogP contribution is -1.70. The van der Waals surface area contributed by atoms with Crippen molar-refractivity contribution in [2.75, 3.05) is 0 Å². The molecule has 0 N–H and O–H groups in total. The largest absolute Gasteiger partial charge is 0.527 e. The van der Waals surface area contributed by atoms with Crippen LogP contribution in [0.4, 0.5) is 0 Å². The topological polar surface area (TPSA) is 9.23 Å². The molecule has 0 atom stereocenters. The van der Waals surface area contributed by atoms with Crippen LogP contribution in [0, 0.1) is 12.0 Å². The second-order valence-electron chi connectivity index (χ2n) is 1.50. The molecule has 0 aromatic carbocycles. The highest BCUT2D eigenvalue weighted by atomic mass is 16.4. The molecule has 2 heteroatoms. The van der Waals surface area contributed by atoms with Crippen molar-refractivity contribution in [3.05, 3.63) is 0 Å². The number of hydrogen-bond donors (Lipinski definition) is 0. The monoisotopic (exact) mass is 108 g/mol. The van der Waals surface area contributed by atoms with E-state index in [-0.39, 0.29) is 0 Å². The molecule has 0 aromatic heterocycles. The van der Waals surface area contributed by atoms with Crippen LogP contribution in [-0.4, -0.2) is 8.05 Å². The highest BCUT2D eigenvalue weighted by Gasteiger charge is 1.74. The molecule has 0 aliphatic carbocycles. The molecule has 42 valence electrons. The van der Waals surface area contributed by atoms with E-state index in [2.05, 4.69) is 31.7 Å². The fourth-order valence-corrected chi connectivity index (χ4v) is 0.358. The fourth-order valence-electron chi connectivity index (χ4n) is 0.358. The van der Waals surface area contributed by atoms with Crippen LogP contribution in [0.15, 0.2) is 0 Å². The minimum absolute atomic E-state index is 0.883. The molecule has 0 saturated carbocycles. The number of unbranched alkanes of at least 4 members (excludes halogenated alkanes) is 2. The second kappa shape index (κ2) is 6.42. The maximum Gasteiger partial charge on any atom is 0.392 e. The van der Waals surface area contributed by atoms with Crippen LogP contribution >= 0.6 is 0 Å². The molecule has 0 amide bonds. The molecule has 0 aliphatic rings. The first-order chi connectivity index (χ1) is 3.91. The van der Waals surface area contributed by atoms with Crippen LogP contribution < -0.4 is 0 Å². The maximum atomic E-state index is 4.64. The lowest BCUT2D eigenvalue weighted by atomic mass is 10.3.